The first kappa shape index (κ1) is 14.4. The topological polar surface area (TPSA) is 55.8 Å². The molecule has 0 radical (unpaired) electrons. The second kappa shape index (κ2) is 5.35. The maximum Gasteiger partial charge on any atom is 0.331 e. The second-order valence-electron chi connectivity index (χ2n) is 5.03. The van der Waals surface area contributed by atoms with Gasteiger partial charge in [-0.05, 0) is 0 Å². The minimum absolute atomic E-state index is 0.163. The van der Waals surface area contributed by atoms with Gasteiger partial charge in [0.2, 0.25) is 5.91 Å². The third kappa shape index (κ3) is 2.98. The van der Waals surface area contributed by atoms with Crippen molar-refractivity contribution in [2.24, 2.45) is 5.41 Å². The fraction of sp³-hybridized carbons (Fsp3) is 0.818. The van der Waals surface area contributed by atoms with E-state index in [9.17, 15) is 9.59 Å². The summed E-state index contributed by atoms with van der Waals surface area (Å²) in [5, 5.41) is 0.163. The zero-order valence-electron chi connectivity index (χ0n) is 10.5. The molecule has 1 amide bonds. The molecule has 6 heteroatoms. The van der Waals surface area contributed by atoms with Crippen molar-refractivity contribution >= 4 is 27.8 Å². The Hall–Kier alpha value is -0.620. The molecule has 0 aromatic rings. The van der Waals surface area contributed by atoms with Crippen molar-refractivity contribution in [3.63, 3.8) is 0 Å². The van der Waals surface area contributed by atoms with Crippen molar-refractivity contribution < 1.29 is 19.1 Å². The van der Waals surface area contributed by atoms with Crippen LogP contribution >= 0.6 is 15.9 Å². The average Bonchev–Trinajstić information content (AvgIpc) is 2.70. The van der Waals surface area contributed by atoms with Gasteiger partial charge in [-0.1, -0.05) is 36.7 Å². The standard InChI is InChI=1S/C11H18BrNO4/c1-11(2,3)10-13(8(14)5-12)7(6-17-10)9(15)16-4/h7,10H,5-6H2,1-4H3/t7-,10+/m0/s1. The number of hydrogen-bond acceptors (Lipinski definition) is 4. The van der Waals surface area contributed by atoms with Crippen LogP contribution in [0.1, 0.15) is 20.8 Å². The van der Waals surface area contributed by atoms with Crippen LogP contribution in [0.4, 0.5) is 0 Å². The molecule has 0 aliphatic carbocycles. The summed E-state index contributed by atoms with van der Waals surface area (Å²) in [5.74, 6) is -0.608. The van der Waals surface area contributed by atoms with Gasteiger partial charge in [0, 0.05) is 5.41 Å². The fourth-order valence-corrected chi connectivity index (χ4v) is 2.15. The fourth-order valence-electron chi connectivity index (χ4n) is 1.86. The number of hydrogen-bond donors (Lipinski definition) is 0. The molecule has 0 aromatic carbocycles. The molecule has 0 saturated carbocycles. The average molecular weight is 308 g/mol. The molecule has 98 valence electrons. The Morgan fingerprint density at radius 1 is 1.47 bits per heavy atom. The summed E-state index contributed by atoms with van der Waals surface area (Å²) in [4.78, 5) is 25.0. The van der Waals surface area contributed by atoms with E-state index in [1.165, 1.54) is 12.0 Å². The van der Waals surface area contributed by atoms with Gasteiger partial charge in [0.1, 0.15) is 6.23 Å². The highest BCUT2D eigenvalue weighted by atomic mass is 79.9. The molecule has 17 heavy (non-hydrogen) atoms. The molecule has 1 aliphatic heterocycles. The predicted octanol–water partition coefficient (Wildman–Crippen LogP) is 1.15. The van der Waals surface area contributed by atoms with Crippen molar-refractivity contribution in [2.75, 3.05) is 19.0 Å². The van der Waals surface area contributed by atoms with Crippen molar-refractivity contribution in [3.05, 3.63) is 0 Å². The number of alkyl halides is 1. The number of halogens is 1. The summed E-state index contributed by atoms with van der Waals surface area (Å²) in [5.41, 5.74) is -0.249. The first-order valence-corrected chi connectivity index (χ1v) is 6.51. The molecule has 1 heterocycles. The van der Waals surface area contributed by atoms with Gasteiger partial charge >= 0.3 is 5.97 Å². The van der Waals surface area contributed by atoms with Crippen molar-refractivity contribution in [2.45, 2.75) is 33.0 Å². The number of methoxy groups -OCH3 is 1. The number of carbonyl (C=O) groups excluding carboxylic acids is 2. The zero-order valence-corrected chi connectivity index (χ0v) is 12.1. The van der Waals surface area contributed by atoms with Crippen LogP contribution < -0.4 is 0 Å². The molecule has 1 saturated heterocycles. The zero-order chi connectivity index (χ0) is 13.2. The highest BCUT2D eigenvalue weighted by molar-refractivity contribution is 9.09. The van der Waals surface area contributed by atoms with Crippen molar-refractivity contribution in [1.82, 2.24) is 4.90 Å². The van der Waals surface area contributed by atoms with Crippen LogP contribution in [-0.2, 0) is 19.1 Å². The van der Waals surface area contributed by atoms with Crippen molar-refractivity contribution in [3.8, 4) is 0 Å². The number of ether oxygens (including phenoxy) is 2. The van der Waals surface area contributed by atoms with Gasteiger partial charge in [-0.15, -0.1) is 0 Å². The highest BCUT2D eigenvalue weighted by Crippen LogP contribution is 2.32. The maximum atomic E-state index is 11.9. The van der Waals surface area contributed by atoms with E-state index in [2.05, 4.69) is 15.9 Å². The van der Waals surface area contributed by atoms with E-state index in [1.807, 2.05) is 20.8 Å². The summed E-state index contributed by atoms with van der Waals surface area (Å²) in [6.45, 7) is 6.08. The molecule has 1 rings (SSSR count). The van der Waals surface area contributed by atoms with Crippen LogP contribution in [-0.4, -0.2) is 48.1 Å². The van der Waals surface area contributed by atoms with E-state index in [-0.39, 0.29) is 23.3 Å². The Morgan fingerprint density at radius 2 is 2.06 bits per heavy atom. The highest BCUT2D eigenvalue weighted by Gasteiger charge is 2.46. The monoisotopic (exact) mass is 307 g/mol. The Balaban J connectivity index is 2.97. The Kier molecular flexibility index (Phi) is 4.55. The van der Waals surface area contributed by atoms with E-state index < -0.39 is 18.2 Å². The van der Waals surface area contributed by atoms with Crippen LogP contribution in [0.15, 0.2) is 0 Å². The van der Waals surface area contributed by atoms with Gasteiger partial charge in [0.15, 0.2) is 6.04 Å². The largest absolute Gasteiger partial charge is 0.467 e. The summed E-state index contributed by atoms with van der Waals surface area (Å²) < 4.78 is 10.3. The van der Waals surface area contributed by atoms with Crippen molar-refractivity contribution in [1.29, 1.82) is 0 Å². The number of nitrogens with zero attached hydrogens (tertiary/aromatic N) is 1. The predicted molar refractivity (Wildman–Crippen MR) is 65.6 cm³/mol. The third-order valence-corrected chi connectivity index (χ3v) is 3.10. The molecule has 0 unspecified atom stereocenters. The van der Waals surface area contributed by atoms with E-state index in [1.54, 1.807) is 0 Å². The first-order valence-electron chi connectivity index (χ1n) is 5.39. The Labute approximate surface area is 110 Å². The second-order valence-corrected chi connectivity index (χ2v) is 5.59. The smallest absolute Gasteiger partial charge is 0.331 e. The van der Waals surface area contributed by atoms with Gasteiger partial charge in [-0.25, -0.2) is 4.79 Å². The third-order valence-electron chi connectivity index (χ3n) is 2.62. The lowest BCUT2D eigenvalue weighted by Gasteiger charge is -2.34. The van der Waals surface area contributed by atoms with E-state index in [0.717, 1.165) is 0 Å². The van der Waals surface area contributed by atoms with Gasteiger partial charge in [0.05, 0.1) is 19.0 Å². The number of amides is 1. The van der Waals surface area contributed by atoms with Crippen LogP contribution in [0, 0.1) is 5.41 Å². The summed E-state index contributed by atoms with van der Waals surface area (Å²) >= 11 is 3.12. The lowest BCUT2D eigenvalue weighted by Crippen LogP contribution is -2.50. The summed E-state index contributed by atoms with van der Waals surface area (Å²) in [6.07, 6.45) is -0.406. The normalized spacial score (nSPS) is 24.9. The molecule has 5 nitrogen and oxygen atoms in total. The lowest BCUT2D eigenvalue weighted by atomic mass is 9.93. The molecule has 2 atom stereocenters. The summed E-state index contributed by atoms with van der Waals surface area (Å²) in [7, 11) is 1.31. The molecule has 0 bridgehead atoms. The first-order chi connectivity index (χ1) is 7.82. The molecule has 0 aromatic heterocycles. The maximum absolute atomic E-state index is 11.9. The Bertz CT molecular complexity index is 313. The van der Waals surface area contributed by atoms with E-state index in [0.29, 0.717) is 0 Å². The molecule has 0 N–H and O–H groups in total. The molecule has 1 fully saturated rings. The number of carbonyl (C=O) groups is 2. The molecule has 0 spiro atoms. The summed E-state index contributed by atoms with van der Waals surface area (Å²) in [6, 6.07) is -0.644. The van der Waals surface area contributed by atoms with Crippen LogP contribution in [0.3, 0.4) is 0 Å². The molecular formula is C11H18BrNO4. The van der Waals surface area contributed by atoms with Gasteiger partial charge in [-0.2, -0.15) is 0 Å². The molecular weight excluding hydrogens is 290 g/mol. The minimum Gasteiger partial charge on any atom is -0.467 e. The van der Waals surface area contributed by atoms with Gasteiger partial charge in [0.25, 0.3) is 0 Å². The van der Waals surface area contributed by atoms with E-state index in [4.69, 9.17) is 9.47 Å². The quantitative estimate of drug-likeness (QED) is 0.567. The van der Waals surface area contributed by atoms with Crippen LogP contribution in [0.5, 0.6) is 0 Å². The van der Waals surface area contributed by atoms with Gasteiger partial charge in [-0.3, -0.25) is 9.69 Å². The van der Waals surface area contributed by atoms with Gasteiger partial charge < -0.3 is 9.47 Å². The van der Waals surface area contributed by atoms with Crippen LogP contribution in [0.2, 0.25) is 0 Å². The SMILES string of the molecule is COC(=O)[C@@H]1CO[C@H](C(C)(C)C)N1C(=O)CBr. The number of esters is 1. The Morgan fingerprint density at radius 3 is 2.47 bits per heavy atom. The van der Waals surface area contributed by atoms with E-state index >= 15 is 0 Å². The minimum atomic E-state index is -0.644. The lowest BCUT2D eigenvalue weighted by molar-refractivity contribution is -0.154. The van der Waals surface area contributed by atoms with Crippen LogP contribution in [0.25, 0.3) is 0 Å². The number of rotatable bonds is 2. The molecule has 1 aliphatic rings.